The first-order valence-corrected chi connectivity index (χ1v) is 6.38. The second-order valence-corrected chi connectivity index (χ2v) is 4.87. The van der Waals surface area contributed by atoms with Gasteiger partial charge in [-0.05, 0) is 32.5 Å². The molecule has 0 saturated heterocycles. The first-order chi connectivity index (χ1) is 9.28. The van der Waals surface area contributed by atoms with Gasteiger partial charge in [-0.3, -0.25) is 4.79 Å². The van der Waals surface area contributed by atoms with E-state index in [0.29, 0.717) is 6.54 Å². The summed E-state index contributed by atoms with van der Waals surface area (Å²) in [5, 5.41) is 12.1. The molecule has 0 aliphatic heterocycles. The number of benzene rings is 1. The fraction of sp³-hybridized carbons (Fsp3) is 0.500. The highest BCUT2D eigenvalue weighted by Crippen LogP contribution is 2.22. The molecule has 0 aliphatic carbocycles. The van der Waals surface area contributed by atoms with Crippen molar-refractivity contribution in [2.75, 3.05) is 6.54 Å². The maximum absolute atomic E-state index is 13.4. The van der Waals surface area contributed by atoms with Crippen LogP contribution in [0.2, 0.25) is 0 Å². The Hall–Kier alpha value is -1.69. The van der Waals surface area contributed by atoms with Gasteiger partial charge in [-0.2, -0.15) is 0 Å². The predicted molar refractivity (Wildman–Crippen MR) is 70.8 cm³/mol. The zero-order chi connectivity index (χ0) is 15.3. The van der Waals surface area contributed by atoms with Crippen molar-refractivity contribution in [3.05, 3.63) is 29.8 Å². The van der Waals surface area contributed by atoms with Crippen LogP contribution in [0.4, 0.5) is 8.78 Å². The number of halogens is 2. The van der Waals surface area contributed by atoms with E-state index in [4.69, 9.17) is 4.74 Å². The summed E-state index contributed by atoms with van der Waals surface area (Å²) in [7, 11) is 0. The zero-order valence-corrected chi connectivity index (χ0v) is 11.7. The molecule has 0 radical (unpaired) electrons. The summed E-state index contributed by atoms with van der Waals surface area (Å²) < 4.78 is 31.8. The van der Waals surface area contributed by atoms with Crippen LogP contribution in [-0.4, -0.2) is 29.3 Å². The first kappa shape index (κ1) is 16.4. The molecule has 1 aromatic carbocycles. The van der Waals surface area contributed by atoms with E-state index in [9.17, 15) is 18.7 Å². The van der Waals surface area contributed by atoms with Crippen LogP contribution in [0.25, 0.3) is 0 Å². The number of hydrogen-bond donors (Lipinski definition) is 2. The van der Waals surface area contributed by atoms with Crippen LogP contribution in [0.5, 0.6) is 5.75 Å². The van der Waals surface area contributed by atoms with Gasteiger partial charge < -0.3 is 15.2 Å². The van der Waals surface area contributed by atoms with E-state index in [-0.39, 0.29) is 12.2 Å². The highest BCUT2D eigenvalue weighted by Gasteiger charge is 2.34. The number of carbonyl (C=O) groups is 1. The average Bonchev–Trinajstić information content (AvgIpc) is 2.33. The number of carboxylic acids is 1. The molecule has 1 aromatic rings. The maximum atomic E-state index is 13.4. The van der Waals surface area contributed by atoms with E-state index in [0.717, 1.165) is 18.2 Å². The van der Waals surface area contributed by atoms with Crippen molar-refractivity contribution in [3.63, 3.8) is 0 Å². The van der Waals surface area contributed by atoms with Gasteiger partial charge in [0.1, 0.15) is 11.4 Å². The van der Waals surface area contributed by atoms with Crippen LogP contribution >= 0.6 is 0 Å². The average molecular weight is 287 g/mol. The van der Waals surface area contributed by atoms with Crippen LogP contribution in [0.15, 0.2) is 18.2 Å². The van der Waals surface area contributed by atoms with Crippen molar-refractivity contribution in [1.29, 1.82) is 0 Å². The van der Waals surface area contributed by atoms with E-state index < -0.39 is 29.2 Å². The Bertz CT molecular complexity index is 481. The standard InChI is InChI=1S/C14H19F2NO3/c1-4-17-14(3,13(18)19)8-9(2)20-12-7-10(15)5-6-11(12)16/h5-7,9,17H,4,8H2,1-3H3,(H,18,19). The Morgan fingerprint density at radius 3 is 2.70 bits per heavy atom. The number of hydrogen-bond acceptors (Lipinski definition) is 3. The van der Waals surface area contributed by atoms with Gasteiger partial charge in [0, 0.05) is 12.5 Å². The number of likely N-dealkylation sites (N-methyl/N-ethyl adjacent to an activating group) is 1. The molecule has 2 atom stereocenters. The first-order valence-electron chi connectivity index (χ1n) is 6.38. The lowest BCUT2D eigenvalue weighted by atomic mass is 9.95. The zero-order valence-electron chi connectivity index (χ0n) is 11.7. The molecule has 0 bridgehead atoms. The number of ether oxygens (including phenoxy) is 1. The molecule has 0 amide bonds. The van der Waals surface area contributed by atoms with E-state index >= 15 is 0 Å². The van der Waals surface area contributed by atoms with Gasteiger partial charge in [0.2, 0.25) is 0 Å². The maximum Gasteiger partial charge on any atom is 0.323 e. The number of carboxylic acid groups (broad SMARTS) is 1. The minimum Gasteiger partial charge on any atom is -0.487 e. The normalized spacial score (nSPS) is 15.4. The van der Waals surface area contributed by atoms with Gasteiger partial charge >= 0.3 is 5.97 Å². The van der Waals surface area contributed by atoms with Crippen molar-refractivity contribution < 1.29 is 23.4 Å². The van der Waals surface area contributed by atoms with E-state index in [2.05, 4.69) is 5.32 Å². The summed E-state index contributed by atoms with van der Waals surface area (Å²) in [5.74, 6) is -2.53. The molecule has 0 aliphatic rings. The summed E-state index contributed by atoms with van der Waals surface area (Å²) >= 11 is 0. The lowest BCUT2D eigenvalue weighted by Gasteiger charge is -2.29. The van der Waals surface area contributed by atoms with Gasteiger partial charge in [0.05, 0.1) is 6.10 Å². The summed E-state index contributed by atoms with van der Waals surface area (Å²) in [5.41, 5.74) is -1.18. The predicted octanol–water partition coefficient (Wildman–Crippen LogP) is 2.58. The topological polar surface area (TPSA) is 58.6 Å². The van der Waals surface area contributed by atoms with Crippen LogP contribution < -0.4 is 10.1 Å². The van der Waals surface area contributed by atoms with Gasteiger partial charge in [0.15, 0.2) is 11.6 Å². The molecule has 0 saturated carbocycles. The molecular weight excluding hydrogens is 268 g/mol. The highest BCUT2D eigenvalue weighted by atomic mass is 19.1. The van der Waals surface area contributed by atoms with Gasteiger partial charge in [-0.1, -0.05) is 6.92 Å². The van der Waals surface area contributed by atoms with Crippen molar-refractivity contribution in [1.82, 2.24) is 5.32 Å². The van der Waals surface area contributed by atoms with Crippen molar-refractivity contribution in [3.8, 4) is 5.75 Å². The fourth-order valence-corrected chi connectivity index (χ4v) is 2.03. The Labute approximate surface area is 116 Å². The number of aliphatic carboxylic acids is 1. The number of nitrogens with one attached hydrogen (secondary N) is 1. The lowest BCUT2D eigenvalue weighted by molar-refractivity contribution is -0.145. The van der Waals surface area contributed by atoms with E-state index in [1.54, 1.807) is 13.8 Å². The molecule has 0 aromatic heterocycles. The number of rotatable bonds is 7. The van der Waals surface area contributed by atoms with Crippen molar-refractivity contribution in [2.45, 2.75) is 38.8 Å². The van der Waals surface area contributed by atoms with Gasteiger partial charge in [-0.15, -0.1) is 0 Å². The monoisotopic (exact) mass is 287 g/mol. The molecule has 0 fully saturated rings. The molecule has 0 heterocycles. The molecule has 0 spiro atoms. The summed E-state index contributed by atoms with van der Waals surface area (Å²) in [6.45, 7) is 5.41. The van der Waals surface area contributed by atoms with Gasteiger partial charge in [-0.25, -0.2) is 8.78 Å². The summed E-state index contributed by atoms with van der Waals surface area (Å²) in [6.07, 6.45) is -0.474. The van der Waals surface area contributed by atoms with Crippen molar-refractivity contribution in [2.24, 2.45) is 0 Å². The Kier molecular flexibility index (Phi) is 5.44. The molecule has 4 nitrogen and oxygen atoms in total. The summed E-state index contributed by atoms with van der Waals surface area (Å²) in [4.78, 5) is 11.3. The van der Waals surface area contributed by atoms with Crippen LogP contribution in [0, 0.1) is 11.6 Å². The minimum atomic E-state index is -1.18. The minimum absolute atomic E-state index is 0.117. The molecule has 112 valence electrons. The Morgan fingerprint density at radius 1 is 1.50 bits per heavy atom. The molecular formula is C14H19F2NO3. The third-order valence-electron chi connectivity index (χ3n) is 2.96. The third-order valence-corrected chi connectivity index (χ3v) is 2.96. The van der Waals surface area contributed by atoms with Gasteiger partial charge in [0.25, 0.3) is 0 Å². The second-order valence-electron chi connectivity index (χ2n) is 4.87. The van der Waals surface area contributed by atoms with Crippen molar-refractivity contribution >= 4 is 5.97 Å². The molecule has 2 N–H and O–H groups in total. The Morgan fingerprint density at radius 2 is 2.15 bits per heavy atom. The largest absolute Gasteiger partial charge is 0.487 e. The molecule has 20 heavy (non-hydrogen) atoms. The molecule has 1 rings (SSSR count). The molecule has 2 unspecified atom stereocenters. The molecule has 6 heteroatoms. The lowest BCUT2D eigenvalue weighted by Crippen LogP contribution is -2.51. The second kappa shape index (κ2) is 6.65. The SMILES string of the molecule is CCNC(C)(CC(C)Oc1cc(F)ccc1F)C(=O)O. The van der Waals surface area contributed by atoms with Crippen LogP contribution in [0.3, 0.4) is 0 Å². The smallest absolute Gasteiger partial charge is 0.323 e. The third kappa shape index (κ3) is 4.16. The van der Waals surface area contributed by atoms with Crippen LogP contribution in [0.1, 0.15) is 27.2 Å². The summed E-state index contributed by atoms with van der Waals surface area (Å²) in [6, 6.07) is 2.90. The van der Waals surface area contributed by atoms with E-state index in [1.165, 1.54) is 6.92 Å². The van der Waals surface area contributed by atoms with E-state index in [1.807, 2.05) is 0 Å². The Balaban J connectivity index is 2.78. The fourth-order valence-electron chi connectivity index (χ4n) is 2.03. The van der Waals surface area contributed by atoms with Crippen LogP contribution in [-0.2, 0) is 4.79 Å². The highest BCUT2D eigenvalue weighted by molar-refractivity contribution is 5.78. The quantitative estimate of drug-likeness (QED) is 0.809.